The molecule has 3 nitrogen and oxygen atoms in total. The molecule has 2 N–H and O–H groups in total. The number of amides is 1. The lowest BCUT2D eigenvalue weighted by Crippen LogP contribution is -2.34. The van der Waals surface area contributed by atoms with E-state index in [2.05, 4.69) is 19.2 Å². The van der Waals surface area contributed by atoms with Gasteiger partial charge in [-0.05, 0) is 17.7 Å². The summed E-state index contributed by atoms with van der Waals surface area (Å²) in [7, 11) is 0. The molecule has 118 valence electrons. The first-order valence-electron chi connectivity index (χ1n) is 6.55. The smallest absolute Gasteiger partial charge is 0.346 e. The minimum atomic E-state index is -4.37. The first kappa shape index (κ1) is 17.8. The third-order valence-corrected chi connectivity index (χ3v) is 3.51. The van der Waals surface area contributed by atoms with Crippen molar-refractivity contribution in [1.82, 2.24) is 10.6 Å². The Bertz CT molecular complexity index is 447. The van der Waals surface area contributed by atoms with Crippen molar-refractivity contribution in [3.05, 3.63) is 29.8 Å². The van der Waals surface area contributed by atoms with Crippen LogP contribution in [0, 0.1) is 0 Å². The van der Waals surface area contributed by atoms with E-state index in [9.17, 15) is 18.0 Å². The van der Waals surface area contributed by atoms with E-state index < -0.39 is 18.6 Å². The van der Waals surface area contributed by atoms with Gasteiger partial charge in [0.05, 0.1) is 5.75 Å². The fraction of sp³-hybridized carbons (Fsp3) is 0.500. The summed E-state index contributed by atoms with van der Waals surface area (Å²) in [6.07, 6.45) is -4.37. The number of nitrogens with one attached hydrogen (secondary N) is 2. The van der Waals surface area contributed by atoms with Crippen LogP contribution >= 0.6 is 11.8 Å². The summed E-state index contributed by atoms with van der Waals surface area (Å²) in [5, 5.41) is 5.13. The fourth-order valence-corrected chi connectivity index (χ4v) is 2.15. The van der Waals surface area contributed by atoms with E-state index in [-0.39, 0.29) is 5.75 Å². The average Bonchev–Trinajstić information content (AvgIpc) is 2.41. The summed E-state index contributed by atoms with van der Waals surface area (Å²) >= 11 is 1.21. The third-order valence-electron chi connectivity index (χ3n) is 2.49. The summed E-state index contributed by atoms with van der Waals surface area (Å²) in [5.41, 5.74) is 1.12. The molecule has 1 aromatic carbocycles. The number of carbonyl (C=O) groups is 1. The molecule has 0 heterocycles. The summed E-state index contributed by atoms with van der Waals surface area (Å²) < 4.78 is 35.8. The van der Waals surface area contributed by atoms with Crippen molar-refractivity contribution in [2.45, 2.75) is 37.5 Å². The summed E-state index contributed by atoms with van der Waals surface area (Å²) in [4.78, 5) is 12.1. The standard InChI is InChI=1S/C14H19F3N2OS/c1-10(2)18-7-11-3-5-12(6-4-11)21-8-13(20)19-9-14(15,16)17/h3-6,10,18H,7-9H2,1-2H3,(H,19,20). The summed E-state index contributed by atoms with van der Waals surface area (Å²) in [6.45, 7) is 3.59. The van der Waals surface area contributed by atoms with Crippen molar-refractivity contribution >= 4 is 17.7 Å². The van der Waals surface area contributed by atoms with Crippen LogP contribution in [0.1, 0.15) is 19.4 Å². The molecule has 1 rings (SSSR count). The van der Waals surface area contributed by atoms with Crippen molar-refractivity contribution in [3.63, 3.8) is 0 Å². The molecule has 7 heteroatoms. The van der Waals surface area contributed by atoms with Gasteiger partial charge in [-0.3, -0.25) is 4.79 Å². The molecule has 0 saturated heterocycles. The Morgan fingerprint density at radius 2 is 1.86 bits per heavy atom. The van der Waals surface area contributed by atoms with Crippen molar-refractivity contribution < 1.29 is 18.0 Å². The molecule has 1 aromatic rings. The molecule has 0 aromatic heterocycles. The van der Waals surface area contributed by atoms with E-state index in [1.165, 1.54) is 11.8 Å². The molecule has 0 unspecified atom stereocenters. The van der Waals surface area contributed by atoms with E-state index in [0.717, 1.165) is 17.0 Å². The fourth-order valence-electron chi connectivity index (χ4n) is 1.42. The van der Waals surface area contributed by atoms with Gasteiger partial charge in [-0.2, -0.15) is 13.2 Å². The van der Waals surface area contributed by atoms with Gasteiger partial charge in [0.25, 0.3) is 0 Å². The highest BCUT2D eigenvalue weighted by molar-refractivity contribution is 8.00. The summed E-state index contributed by atoms with van der Waals surface area (Å²) in [5.74, 6) is -0.650. The molecule has 0 bridgehead atoms. The molecule has 0 radical (unpaired) electrons. The van der Waals surface area contributed by atoms with E-state index in [1.54, 1.807) is 0 Å². The first-order chi connectivity index (χ1) is 9.76. The van der Waals surface area contributed by atoms with E-state index in [1.807, 2.05) is 29.6 Å². The number of halogens is 3. The van der Waals surface area contributed by atoms with E-state index in [4.69, 9.17) is 0 Å². The number of benzene rings is 1. The minimum absolute atomic E-state index is 0.0281. The van der Waals surface area contributed by atoms with Gasteiger partial charge >= 0.3 is 6.18 Å². The first-order valence-corrected chi connectivity index (χ1v) is 7.53. The number of hydrogen-bond donors (Lipinski definition) is 2. The van der Waals surface area contributed by atoms with Crippen molar-refractivity contribution in [1.29, 1.82) is 0 Å². The van der Waals surface area contributed by atoms with Crippen LogP contribution < -0.4 is 10.6 Å². The lowest BCUT2D eigenvalue weighted by atomic mass is 10.2. The van der Waals surface area contributed by atoms with Gasteiger partial charge in [-0.1, -0.05) is 26.0 Å². The van der Waals surface area contributed by atoms with Gasteiger partial charge in [-0.15, -0.1) is 11.8 Å². The second-order valence-corrected chi connectivity index (χ2v) is 5.91. The molecule has 0 aliphatic rings. The van der Waals surface area contributed by atoms with Crippen molar-refractivity contribution in [3.8, 4) is 0 Å². The van der Waals surface area contributed by atoms with Crippen LogP contribution in [0.25, 0.3) is 0 Å². The number of thioether (sulfide) groups is 1. The quantitative estimate of drug-likeness (QED) is 0.759. The van der Waals surface area contributed by atoms with Gasteiger partial charge < -0.3 is 10.6 Å². The van der Waals surface area contributed by atoms with Gasteiger partial charge in [0.15, 0.2) is 0 Å². The molecular weight excluding hydrogens is 301 g/mol. The van der Waals surface area contributed by atoms with Gasteiger partial charge in [-0.25, -0.2) is 0 Å². The van der Waals surface area contributed by atoms with Crippen LogP contribution in [0.3, 0.4) is 0 Å². The summed E-state index contributed by atoms with van der Waals surface area (Å²) in [6, 6.07) is 7.99. The largest absolute Gasteiger partial charge is 0.405 e. The Morgan fingerprint density at radius 3 is 2.38 bits per heavy atom. The van der Waals surface area contributed by atoms with Crippen LogP contribution in [-0.4, -0.2) is 30.4 Å². The Kier molecular flexibility index (Phi) is 7.04. The van der Waals surface area contributed by atoms with Crippen molar-refractivity contribution in [2.75, 3.05) is 12.3 Å². The molecule has 0 atom stereocenters. The normalized spacial score (nSPS) is 11.7. The van der Waals surface area contributed by atoms with E-state index in [0.29, 0.717) is 6.04 Å². The lowest BCUT2D eigenvalue weighted by Gasteiger charge is -2.09. The van der Waals surface area contributed by atoms with Crippen LogP contribution in [0.5, 0.6) is 0 Å². The van der Waals surface area contributed by atoms with Crippen LogP contribution in [0.4, 0.5) is 13.2 Å². The Morgan fingerprint density at radius 1 is 1.24 bits per heavy atom. The molecule has 0 saturated carbocycles. The zero-order valence-electron chi connectivity index (χ0n) is 12.0. The Hall–Kier alpha value is -1.21. The molecular formula is C14H19F3N2OS. The highest BCUT2D eigenvalue weighted by Gasteiger charge is 2.27. The number of alkyl halides is 3. The molecule has 0 fully saturated rings. The van der Waals surface area contributed by atoms with Crippen LogP contribution in [0.15, 0.2) is 29.2 Å². The monoisotopic (exact) mass is 320 g/mol. The molecule has 21 heavy (non-hydrogen) atoms. The third kappa shape index (κ3) is 8.62. The molecule has 0 spiro atoms. The maximum Gasteiger partial charge on any atom is 0.405 e. The highest BCUT2D eigenvalue weighted by atomic mass is 32.2. The number of carbonyl (C=O) groups excluding carboxylic acids is 1. The zero-order valence-corrected chi connectivity index (χ0v) is 12.8. The molecule has 0 aliphatic heterocycles. The van der Waals surface area contributed by atoms with Gasteiger partial charge in [0.1, 0.15) is 6.54 Å². The SMILES string of the molecule is CC(C)NCc1ccc(SCC(=O)NCC(F)(F)F)cc1. The van der Waals surface area contributed by atoms with Gasteiger partial charge in [0, 0.05) is 17.5 Å². The van der Waals surface area contributed by atoms with Crippen LogP contribution in [0.2, 0.25) is 0 Å². The van der Waals surface area contributed by atoms with Crippen LogP contribution in [-0.2, 0) is 11.3 Å². The minimum Gasteiger partial charge on any atom is -0.346 e. The Labute approximate surface area is 126 Å². The highest BCUT2D eigenvalue weighted by Crippen LogP contribution is 2.18. The van der Waals surface area contributed by atoms with E-state index >= 15 is 0 Å². The predicted octanol–water partition coefficient (Wildman–Crippen LogP) is 2.96. The Balaban J connectivity index is 2.34. The number of hydrogen-bond acceptors (Lipinski definition) is 3. The number of rotatable bonds is 7. The maximum absolute atomic E-state index is 11.9. The van der Waals surface area contributed by atoms with Gasteiger partial charge in [0.2, 0.25) is 5.91 Å². The second-order valence-electron chi connectivity index (χ2n) is 4.86. The predicted molar refractivity (Wildman–Crippen MR) is 78.2 cm³/mol. The molecule has 1 amide bonds. The molecule has 0 aliphatic carbocycles. The second kappa shape index (κ2) is 8.29. The maximum atomic E-state index is 11.9. The topological polar surface area (TPSA) is 41.1 Å². The lowest BCUT2D eigenvalue weighted by molar-refractivity contribution is -0.136. The van der Waals surface area contributed by atoms with Crippen molar-refractivity contribution in [2.24, 2.45) is 0 Å². The zero-order chi connectivity index (χ0) is 15.9. The average molecular weight is 320 g/mol.